The Morgan fingerprint density at radius 1 is 1.06 bits per heavy atom. The van der Waals surface area contributed by atoms with Crippen molar-refractivity contribution in [1.29, 1.82) is 0 Å². The Balaban J connectivity index is 1.43. The number of likely N-dealkylation sites (tertiary alicyclic amines) is 1. The minimum Gasteiger partial charge on any atom is -0.497 e. The third-order valence-corrected chi connectivity index (χ3v) is 5.99. The Labute approximate surface area is 186 Å². The number of hydrogen-bond acceptors (Lipinski definition) is 4. The molecular formula is C25H36N4O2. The number of benzene rings is 2. The van der Waals surface area contributed by atoms with Crippen LogP contribution in [0.5, 0.6) is 11.5 Å². The van der Waals surface area contributed by atoms with Crippen LogP contribution in [0.4, 0.5) is 0 Å². The highest BCUT2D eigenvalue weighted by atomic mass is 16.5. The predicted octanol–water partition coefficient (Wildman–Crippen LogP) is 3.62. The van der Waals surface area contributed by atoms with Gasteiger partial charge in [-0.05, 0) is 55.6 Å². The zero-order valence-electron chi connectivity index (χ0n) is 19.3. The van der Waals surface area contributed by atoms with E-state index in [1.165, 1.54) is 18.4 Å². The molecule has 0 saturated carbocycles. The summed E-state index contributed by atoms with van der Waals surface area (Å²) < 4.78 is 10.7. The number of methoxy groups -OCH3 is 2. The lowest BCUT2D eigenvalue weighted by Gasteiger charge is -2.33. The van der Waals surface area contributed by atoms with Crippen molar-refractivity contribution in [1.82, 2.24) is 15.1 Å². The van der Waals surface area contributed by atoms with Crippen molar-refractivity contribution in [2.75, 3.05) is 47.9 Å². The van der Waals surface area contributed by atoms with Crippen LogP contribution in [-0.2, 0) is 13.1 Å². The van der Waals surface area contributed by atoms with Gasteiger partial charge in [-0.2, -0.15) is 0 Å². The summed E-state index contributed by atoms with van der Waals surface area (Å²) in [6.07, 6.45) is 2.41. The largest absolute Gasteiger partial charge is 0.497 e. The number of rotatable bonds is 8. The Morgan fingerprint density at radius 2 is 1.77 bits per heavy atom. The molecule has 0 aliphatic carbocycles. The Bertz CT molecular complexity index is 830. The average molecular weight is 425 g/mol. The number of guanidine groups is 1. The van der Waals surface area contributed by atoms with E-state index in [9.17, 15) is 0 Å². The van der Waals surface area contributed by atoms with Gasteiger partial charge in [-0.3, -0.25) is 9.89 Å². The van der Waals surface area contributed by atoms with E-state index in [4.69, 9.17) is 9.47 Å². The van der Waals surface area contributed by atoms with E-state index in [2.05, 4.69) is 45.4 Å². The van der Waals surface area contributed by atoms with E-state index < -0.39 is 0 Å². The maximum atomic E-state index is 5.48. The molecule has 0 aromatic heterocycles. The van der Waals surface area contributed by atoms with Gasteiger partial charge < -0.3 is 19.7 Å². The van der Waals surface area contributed by atoms with Gasteiger partial charge in [-0.25, -0.2) is 0 Å². The zero-order chi connectivity index (χ0) is 22.1. The topological polar surface area (TPSA) is 49.3 Å². The van der Waals surface area contributed by atoms with Crippen LogP contribution in [0.1, 0.15) is 24.0 Å². The third-order valence-electron chi connectivity index (χ3n) is 5.99. The number of ether oxygens (including phenoxy) is 2. The quantitative estimate of drug-likeness (QED) is 0.518. The molecule has 2 aromatic rings. The minimum absolute atomic E-state index is 0.670. The summed E-state index contributed by atoms with van der Waals surface area (Å²) in [4.78, 5) is 9.17. The van der Waals surface area contributed by atoms with Crippen LogP contribution < -0.4 is 14.8 Å². The number of nitrogens with zero attached hydrogens (tertiary/aromatic N) is 3. The van der Waals surface area contributed by atoms with Crippen LogP contribution in [0.15, 0.2) is 53.5 Å². The lowest BCUT2D eigenvalue weighted by atomic mass is 9.96. The van der Waals surface area contributed by atoms with Crippen LogP contribution in [0.3, 0.4) is 0 Å². The molecule has 6 heteroatoms. The van der Waals surface area contributed by atoms with Gasteiger partial charge >= 0.3 is 0 Å². The van der Waals surface area contributed by atoms with Gasteiger partial charge in [0.1, 0.15) is 11.5 Å². The molecule has 0 spiro atoms. The second-order valence-corrected chi connectivity index (χ2v) is 8.16. The molecule has 0 bridgehead atoms. The Hall–Kier alpha value is -2.73. The fraction of sp³-hybridized carbons (Fsp3) is 0.480. The van der Waals surface area contributed by atoms with Crippen molar-refractivity contribution in [2.45, 2.75) is 25.9 Å². The molecule has 0 amide bonds. The third kappa shape index (κ3) is 6.62. The molecule has 1 saturated heterocycles. The Morgan fingerprint density at radius 3 is 2.42 bits per heavy atom. The number of aliphatic imine (C=N–C) groups is 1. The lowest BCUT2D eigenvalue weighted by molar-refractivity contribution is 0.177. The van der Waals surface area contributed by atoms with Gasteiger partial charge in [-0.15, -0.1) is 0 Å². The summed E-state index contributed by atoms with van der Waals surface area (Å²) in [7, 11) is 7.34. The summed E-state index contributed by atoms with van der Waals surface area (Å²) in [5.41, 5.74) is 2.50. The van der Waals surface area contributed by atoms with Gasteiger partial charge in [0, 0.05) is 39.3 Å². The first-order chi connectivity index (χ1) is 15.1. The lowest BCUT2D eigenvalue weighted by Crippen LogP contribution is -2.43. The van der Waals surface area contributed by atoms with Crippen molar-refractivity contribution in [3.05, 3.63) is 59.7 Å². The number of hydrogen-bond donors (Lipinski definition) is 1. The highest BCUT2D eigenvalue weighted by Gasteiger charge is 2.20. The van der Waals surface area contributed by atoms with Gasteiger partial charge in [0.05, 0.1) is 14.2 Å². The van der Waals surface area contributed by atoms with Crippen molar-refractivity contribution in [3.8, 4) is 11.5 Å². The van der Waals surface area contributed by atoms with Gasteiger partial charge in [0.25, 0.3) is 0 Å². The first-order valence-corrected chi connectivity index (χ1v) is 11.0. The fourth-order valence-corrected chi connectivity index (χ4v) is 4.12. The molecule has 1 fully saturated rings. The van der Waals surface area contributed by atoms with Crippen LogP contribution in [-0.4, -0.2) is 63.7 Å². The standard InChI is InChI=1S/C25H36N4O2/c1-26-25(28(2)19-22-7-5-6-8-24(22)31-4)27-17-20-13-15-29(16-14-20)18-21-9-11-23(30-3)12-10-21/h5-12,20H,13-19H2,1-4H3,(H,26,27). The molecular weight excluding hydrogens is 388 g/mol. The molecule has 1 aliphatic rings. The first-order valence-electron chi connectivity index (χ1n) is 11.0. The molecule has 2 aromatic carbocycles. The van der Waals surface area contributed by atoms with Gasteiger partial charge in [-0.1, -0.05) is 30.3 Å². The van der Waals surface area contributed by atoms with E-state index in [1.54, 1.807) is 14.2 Å². The SMILES string of the molecule is CN=C(NCC1CCN(Cc2ccc(OC)cc2)CC1)N(C)Cc1ccccc1OC. The number of para-hydroxylation sites is 1. The first kappa shape index (κ1) is 22.9. The van der Waals surface area contributed by atoms with E-state index >= 15 is 0 Å². The summed E-state index contributed by atoms with van der Waals surface area (Å²) in [5.74, 6) is 3.42. The van der Waals surface area contributed by atoms with E-state index in [0.717, 1.165) is 55.7 Å². The molecule has 6 nitrogen and oxygen atoms in total. The maximum Gasteiger partial charge on any atom is 0.193 e. The summed E-state index contributed by atoms with van der Waals surface area (Å²) in [5, 5.41) is 3.58. The molecule has 0 radical (unpaired) electrons. The molecule has 0 unspecified atom stereocenters. The predicted molar refractivity (Wildman–Crippen MR) is 127 cm³/mol. The summed E-state index contributed by atoms with van der Waals surface area (Å²) in [6, 6.07) is 16.5. The molecule has 0 atom stereocenters. The van der Waals surface area contributed by atoms with Crippen LogP contribution in [0, 0.1) is 5.92 Å². The van der Waals surface area contributed by atoms with Crippen molar-refractivity contribution < 1.29 is 9.47 Å². The van der Waals surface area contributed by atoms with E-state index in [-0.39, 0.29) is 0 Å². The van der Waals surface area contributed by atoms with Crippen molar-refractivity contribution in [3.63, 3.8) is 0 Å². The Kier molecular flexibility index (Phi) is 8.59. The number of nitrogens with one attached hydrogen (secondary N) is 1. The van der Waals surface area contributed by atoms with Gasteiger partial charge in [0.2, 0.25) is 0 Å². The summed E-state index contributed by atoms with van der Waals surface area (Å²) >= 11 is 0. The van der Waals surface area contributed by atoms with E-state index in [0.29, 0.717) is 5.92 Å². The second kappa shape index (κ2) is 11.6. The molecule has 1 heterocycles. The average Bonchev–Trinajstić information content (AvgIpc) is 2.81. The summed E-state index contributed by atoms with van der Waals surface area (Å²) in [6.45, 7) is 4.98. The molecule has 1 N–H and O–H groups in total. The normalized spacial score (nSPS) is 15.5. The second-order valence-electron chi connectivity index (χ2n) is 8.16. The molecule has 3 rings (SSSR count). The van der Waals surface area contributed by atoms with Crippen LogP contribution in [0.25, 0.3) is 0 Å². The molecule has 168 valence electrons. The van der Waals surface area contributed by atoms with Crippen molar-refractivity contribution >= 4 is 5.96 Å². The van der Waals surface area contributed by atoms with Crippen LogP contribution >= 0.6 is 0 Å². The maximum absolute atomic E-state index is 5.48. The monoisotopic (exact) mass is 424 g/mol. The van der Waals surface area contributed by atoms with Crippen molar-refractivity contribution in [2.24, 2.45) is 10.9 Å². The number of piperidine rings is 1. The smallest absolute Gasteiger partial charge is 0.193 e. The minimum atomic E-state index is 0.670. The molecule has 31 heavy (non-hydrogen) atoms. The van der Waals surface area contributed by atoms with E-state index in [1.807, 2.05) is 37.4 Å². The highest BCUT2D eigenvalue weighted by Crippen LogP contribution is 2.21. The highest BCUT2D eigenvalue weighted by molar-refractivity contribution is 5.79. The zero-order valence-corrected chi connectivity index (χ0v) is 19.3. The van der Waals surface area contributed by atoms with Gasteiger partial charge in [0.15, 0.2) is 5.96 Å². The van der Waals surface area contributed by atoms with Crippen LogP contribution in [0.2, 0.25) is 0 Å². The molecule has 1 aliphatic heterocycles. The fourth-order valence-electron chi connectivity index (χ4n) is 4.12.